The van der Waals surface area contributed by atoms with Gasteiger partial charge in [0.15, 0.2) is 0 Å². The van der Waals surface area contributed by atoms with Gasteiger partial charge in [-0.3, -0.25) is 0 Å². The lowest BCUT2D eigenvalue weighted by atomic mass is 10.1. The number of hydrogen-bond donors (Lipinski definition) is 2. The zero-order valence-corrected chi connectivity index (χ0v) is 7.36. The van der Waals surface area contributed by atoms with Gasteiger partial charge in [-0.1, -0.05) is 0 Å². The molecule has 0 saturated heterocycles. The maximum absolute atomic E-state index is 5.46. The van der Waals surface area contributed by atoms with E-state index in [-0.39, 0.29) is 0 Å². The Morgan fingerprint density at radius 3 is 2.55 bits per heavy atom. The highest BCUT2D eigenvalue weighted by Gasteiger charge is 2.00. The predicted octanol–water partition coefficient (Wildman–Crippen LogP) is 0.750. The lowest BCUT2D eigenvalue weighted by molar-refractivity contribution is 0.924. The fraction of sp³-hybridized carbons (Fsp3) is 0.500. The quantitative estimate of drug-likeness (QED) is 0.700. The summed E-state index contributed by atoms with van der Waals surface area (Å²) in [6.45, 7) is 1.46. The van der Waals surface area contributed by atoms with Crippen LogP contribution in [-0.2, 0) is 12.8 Å². The Morgan fingerprint density at radius 2 is 1.91 bits per heavy atom. The van der Waals surface area contributed by atoms with Gasteiger partial charge in [-0.2, -0.15) is 0 Å². The zero-order valence-electron chi connectivity index (χ0n) is 6.55. The number of nitrogens with two attached hydrogens (primary N) is 2. The molecule has 0 atom stereocenters. The molecule has 1 heterocycles. The molecule has 0 spiro atoms. The van der Waals surface area contributed by atoms with Gasteiger partial charge in [0, 0.05) is 4.88 Å². The van der Waals surface area contributed by atoms with Crippen molar-refractivity contribution >= 4 is 11.3 Å². The lowest BCUT2D eigenvalue weighted by Crippen LogP contribution is -2.06. The van der Waals surface area contributed by atoms with E-state index in [1.54, 1.807) is 11.3 Å². The third-order valence-corrected chi connectivity index (χ3v) is 2.65. The molecule has 11 heavy (non-hydrogen) atoms. The molecule has 0 aliphatic carbocycles. The van der Waals surface area contributed by atoms with Gasteiger partial charge >= 0.3 is 0 Å². The van der Waals surface area contributed by atoms with Gasteiger partial charge in [-0.15, -0.1) is 11.3 Å². The highest BCUT2D eigenvalue weighted by atomic mass is 32.1. The van der Waals surface area contributed by atoms with Crippen molar-refractivity contribution in [2.24, 2.45) is 11.5 Å². The van der Waals surface area contributed by atoms with Gasteiger partial charge in [0.05, 0.1) is 0 Å². The van der Waals surface area contributed by atoms with Crippen LogP contribution in [0.3, 0.4) is 0 Å². The Bertz CT molecular complexity index is 187. The molecule has 1 rings (SSSR count). The molecule has 3 heteroatoms. The molecule has 0 fully saturated rings. The summed E-state index contributed by atoms with van der Waals surface area (Å²) in [6.07, 6.45) is 1.98. The molecule has 0 aromatic carbocycles. The molecular formula is C8H14N2S. The smallest absolute Gasteiger partial charge is 0.00902 e. The number of thiophene rings is 1. The van der Waals surface area contributed by atoms with E-state index in [0.717, 1.165) is 25.9 Å². The molecule has 2 nitrogen and oxygen atoms in total. The second-order valence-corrected chi connectivity index (χ2v) is 3.45. The van der Waals surface area contributed by atoms with Crippen LogP contribution in [0.1, 0.15) is 10.4 Å². The van der Waals surface area contributed by atoms with Crippen molar-refractivity contribution in [3.8, 4) is 0 Å². The van der Waals surface area contributed by atoms with Gasteiger partial charge in [0.1, 0.15) is 0 Å². The Balaban J connectivity index is 2.62. The molecule has 4 N–H and O–H groups in total. The van der Waals surface area contributed by atoms with Crippen LogP contribution in [0.2, 0.25) is 0 Å². The molecular weight excluding hydrogens is 156 g/mol. The van der Waals surface area contributed by atoms with E-state index in [9.17, 15) is 0 Å². The van der Waals surface area contributed by atoms with E-state index in [2.05, 4.69) is 11.4 Å². The predicted molar refractivity (Wildman–Crippen MR) is 49.8 cm³/mol. The van der Waals surface area contributed by atoms with Crippen molar-refractivity contribution < 1.29 is 0 Å². The summed E-state index contributed by atoms with van der Waals surface area (Å²) in [5.74, 6) is 0. The van der Waals surface area contributed by atoms with Gasteiger partial charge in [0.25, 0.3) is 0 Å². The summed E-state index contributed by atoms with van der Waals surface area (Å²) in [7, 11) is 0. The molecule has 62 valence electrons. The SMILES string of the molecule is NCCc1ccsc1CCN. The van der Waals surface area contributed by atoms with Gasteiger partial charge in [-0.05, 0) is 42.9 Å². The summed E-state index contributed by atoms with van der Waals surface area (Å²) < 4.78 is 0. The Morgan fingerprint density at radius 1 is 1.18 bits per heavy atom. The van der Waals surface area contributed by atoms with Crippen molar-refractivity contribution in [1.82, 2.24) is 0 Å². The molecule has 0 saturated carbocycles. The van der Waals surface area contributed by atoms with Gasteiger partial charge in [0.2, 0.25) is 0 Å². The van der Waals surface area contributed by atoms with Crippen LogP contribution < -0.4 is 11.5 Å². The van der Waals surface area contributed by atoms with Crippen molar-refractivity contribution in [3.63, 3.8) is 0 Å². The van der Waals surface area contributed by atoms with Crippen LogP contribution in [0, 0.1) is 0 Å². The average Bonchev–Trinajstić information content (AvgIpc) is 2.39. The minimum absolute atomic E-state index is 0.730. The van der Waals surface area contributed by atoms with Gasteiger partial charge < -0.3 is 11.5 Å². The average molecular weight is 170 g/mol. The van der Waals surface area contributed by atoms with Crippen LogP contribution in [0.15, 0.2) is 11.4 Å². The fourth-order valence-electron chi connectivity index (χ4n) is 1.10. The van der Waals surface area contributed by atoms with Gasteiger partial charge in [-0.25, -0.2) is 0 Å². The second-order valence-electron chi connectivity index (χ2n) is 2.45. The number of rotatable bonds is 4. The second kappa shape index (κ2) is 4.49. The van der Waals surface area contributed by atoms with E-state index in [0.29, 0.717) is 0 Å². The third kappa shape index (κ3) is 2.29. The standard InChI is InChI=1S/C8H14N2S/c9-4-1-7-3-6-11-8(7)2-5-10/h3,6H,1-2,4-5,9-10H2. The monoisotopic (exact) mass is 170 g/mol. The fourth-order valence-corrected chi connectivity index (χ4v) is 2.05. The first-order valence-corrected chi connectivity index (χ1v) is 4.72. The Labute approximate surface area is 71.2 Å². The maximum atomic E-state index is 5.46. The Hall–Kier alpha value is -0.380. The minimum Gasteiger partial charge on any atom is -0.330 e. The zero-order chi connectivity index (χ0) is 8.10. The van der Waals surface area contributed by atoms with E-state index in [1.165, 1.54) is 10.4 Å². The van der Waals surface area contributed by atoms with Crippen LogP contribution in [0.5, 0.6) is 0 Å². The number of hydrogen-bond acceptors (Lipinski definition) is 3. The first kappa shape index (κ1) is 8.71. The molecule has 0 aliphatic heterocycles. The summed E-state index contributed by atoms with van der Waals surface area (Å²) in [5.41, 5.74) is 12.3. The molecule has 0 radical (unpaired) electrons. The van der Waals surface area contributed by atoms with E-state index < -0.39 is 0 Å². The van der Waals surface area contributed by atoms with Crippen molar-refractivity contribution in [2.45, 2.75) is 12.8 Å². The van der Waals surface area contributed by atoms with E-state index >= 15 is 0 Å². The van der Waals surface area contributed by atoms with Crippen LogP contribution in [0.4, 0.5) is 0 Å². The first-order valence-electron chi connectivity index (χ1n) is 3.84. The topological polar surface area (TPSA) is 52.0 Å². The minimum atomic E-state index is 0.730. The van der Waals surface area contributed by atoms with E-state index in [1.807, 2.05) is 0 Å². The lowest BCUT2D eigenvalue weighted by Gasteiger charge is -1.98. The van der Waals surface area contributed by atoms with E-state index in [4.69, 9.17) is 11.5 Å². The summed E-state index contributed by atoms with van der Waals surface area (Å²) in [5, 5.41) is 2.11. The van der Waals surface area contributed by atoms with Crippen molar-refractivity contribution in [3.05, 3.63) is 21.9 Å². The molecule has 0 bridgehead atoms. The van der Waals surface area contributed by atoms with Crippen LogP contribution >= 0.6 is 11.3 Å². The molecule has 1 aromatic heterocycles. The normalized spacial score (nSPS) is 10.4. The molecule has 0 unspecified atom stereocenters. The Kier molecular flexibility index (Phi) is 3.56. The van der Waals surface area contributed by atoms with Crippen molar-refractivity contribution in [2.75, 3.05) is 13.1 Å². The summed E-state index contributed by atoms with van der Waals surface area (Å²) in [4.78, 5) is 1.40. The summed E-state index contributed by atoms with van der Waals surface area (Å²) >= 11 is 1.78. The molecule has 0 aliphatic rings. The largest absolute Gasteiger partial charge is 0.330 e. The highest BCUT2D eigenvalue weighted by Crippen LogP contribution is 2.16. The van der Waals surface area contributed by atoms with Crippen LogP contribution in [0.25, 0.3) is 0 Å². The first-order chi connectivity index (χ1) is 5.38. The van der Waals surface area contributed by atoms with Crippen LogP contribution in [-0.4, -0.2) is 13.1 Å². The molecule has 0 amide bonds. The highest BCUT2D eigenvalue weighted by molar-refractivity contribution is 7.10. The maximum Gasteiger partial charge on any atom is 0.00902 e. The third-order valence-electron chi connectivity index (χ3n) is 1.62. The molecule has 1 aromatic rings. The summed E-state index contributed by atoms with van der Waals surface area (Å²) in [6, 6.07) is 2.14. The van der Waals surface area contributed by atoms with Crippen molar-refractivity contribution in [1.29, 1.82) is 0 Å².